The molecule has 1 fully saturated rings. The van der Waals surface area contributed by atoms with Crippen LogP contribution < -0.4 is 5.32 Å². The van der Waals surface area contributed by atoms with Gasteiger partial charge in [0.1, 0.15) is 0 Å². The minimum atomic E-state index is 0.287. The van der Waals surface area contributed by atoms with Crippen molar-refractivity contribution in [2.75, 3.05) is 13.1 Å². The largest absolute Gasteiger partial charge is 0.317 e. The van der Waals surface area contributed by atoms with Gasteiger partial charge in [0, 0.05) is 34.5 Å². The summed E-state index contributed by atoms with van der Waals surface area (Å²) in [5, 5.41) is 3.45. The number of nitrogens with zero attached hydrogens (tertiary/aromatic N) is 1. The molecular formula is C20H26N2. The highest BCUT2D eigenvalue weighted by Crippen LogP contribution is 2.41. The van der Waals surface area contributed by atoms with Crippen LogP contribution >= 0.6 is 0 Å². The van der Waals surface area contributed by atoms with Crippen LogP contribution in [0.2, 0.25) is 0 Å². The fourth-order valence-electron chi connectivity index (χ4n) is 3.10. The number of nitrogens with one attached hydrogen (secondary N) is 1. The van der Waals surface area contributed by atoms with Gasteiger partial charge in [-0.3, -0.25) is 4.98 Å². The second-order valence-electron chi connectivity index (χ2n) is 5.54. The van der Waals surface area contributed by atoms with Crippen molar-refractivity contribution in [1.82, 2.24) is 10.3 Å². The number of aromatic nitrogens is 1. The molecule has 0 atom stereocenters. The van der Waals surface area contributed by atoms with Gasteiger partial charge in [-0.25, -0.2) is 0 Å². The van der Waals surface area contributed by atoms with Gasteiger partial charge < -0.3 is 5.32 Å². The Labute approximate surface area is 134 Å². The van der Waals surface area contributed by atoms with Crippen LogP contribution in [-0.2, 0) is 0 Å². The van der Waals surface area contributed by atoms with Crippen LogP contribution in [-0.4, -0.2) is 18.1 Å². The molecule has 2 aliphatic rings. The molecular weight excluding hydrogens is 268 g/mol. The zero-order chi connectivity index (χ0) is 15.8. The Morgan fingerprint density at radius 2 is 1.95 bits per heavy atom. The molecule has 1 aliphatic heterocycles. The number of hydrogen-bond donors (Lipinski definition) is 1. The summed E-state index contributed by atoms with van der Waals surface area (Å²) >= 11 is 0. The molecule has 1 saturated heterocycles. The third-order valence-corrected chi connectivity index (χ3v) is 4.53. The molecule has 1 aliphatic carbocycles. The molecule has 0 radical (unpaired) electrons. The number of hydrogen-bond acceptors (Lipinski definition) is 2. The molecule has 116 valence electrons. The molecule has 2 nitrogen and oxygen atoms in total. The van der Waals surface area contributed by atoms with Crippen molar-refractivity contribution in [3.63, 3.8) is 0 Å². The third-order valence-electron chi connectivity index (χ3n) is 4.53. The molecule has 0 saturated carbocycles. The zero-order valence-corrected chi connectivity index (χ0v) is 13.9. The Hall–Kier alpha value is -1.85. The van der Waals surface area contributed by atoms with Crippen molar-refractivity contribution in [2.24, 2.45) is 5.41 Å². The van der Waals surface area contributed by atoms with E-state index in [1.807, 2.05) is 26.1 Å². The summed E-state index contributed by atoms with van der Waals surface area (Å²) < 4.78 is 0. The lowest BCUT2D eigenvalue weighted by atomic mass is 9.70. The van der Waals surface area contributed by atoms with Gasteiger partial charge >= 0.3 is 0 Å². The SMILES string of the molecule is CC.CCC1(C2=C=C=C(c3cccnc3)C=C2)CCNCC1. The molecule has 1 aromatic rings. The third kappa shape index (κ3) is 3.48. The molecule has 2 heterocycles. The van der Waals surface area contributed by atoms with Gasteiger partial charge in [0.05, 0.1) is 0 Å². The Morgan fingerprint density at radius 1 is 1.18 bits per heavy atom. The molecule has 2 heteroatoms. The van der Waals surface area contributed by atoms with E-state index in [2.05, 4.69) is 46.9 Å². The fourth-order valence-corrected chi connectivity index (χ4v) is 3.10. The van der Waals surface area contributed by atoms with E-state index in [1.165, 1.54) is 24.8 Å². The average Bonchev–Trinajstić information content (AvgIpc) is 2.65. The van der Waals surface area contributed by atoms with Gasteiger partial charge in [-0.2, -0.15) is 0 Å². The van der Waals surface area contributed by atoms with E-state index in [0.717, 1.165) is 24.2 Å². The van der Waals surface area contributed by atoms with Crippen LogP contribution in [0.25, 0.3) is 5.57 Å². The summed E-state index contributed by atoms with van der Waals surface area (Å²) in [6.45, 7) is 8.49. The first-order valence-electron chi connectivity index (χ1n) is 8.40. The molecule has 0 bridgehead atoms. The van der Waals surface area contributed by atoms with Crippen LogP contribution in [0, 0.1) is 5.41 Å². The van der Waals surface area contributed by atoms with Crippen LogP contribution in [0.3, 0.4) is 0 Å². The highest BCUT2D eigenvalue weighted by Gasteiger charge is 2.33. The van der Waals surface area contributed by atoms with E-state index in [9.17, 15) is 0 Å². The predicted octanol–water partition coefficient (Wildman–Crippen LogP) is 4.52. The van der Waals surface area contributed by atoms with E-state index >= 15 is 0 Å². The highest BCUT2D eigenvalue weighted by atomic mass is 14.9. The summed E-state index contributed by atoms with van der Waals surface area (Å²) in [4.78, 5) is 4.16. The Balaban J connectivity index is 0.000000847. The number of piperidine rings is 1. The molecule has 0 unspecified atom stereocenters. The first-order valence-corrected chi connectivity index (χ1v) is 8.40. The van der Waals surface area contributed by atoms with Crippen molar-refractivity contribution in [2.45, 2.75) is 40.0 Å². The standard InChI is InChI=1S/C18H20N2.C2H6/c1-2-18(9-12-19-13-10-18)17-7-5-15(6-8-17)16-4-3-11-20-14-16;1-2/h3-5,7,11,14,19H,2,9-10,12-13H2,1H3;1-2H3. The lowest BCUT2D eigenvalue weighted by molar-refractivity contribution is 0.250. The first-order chi connectivity index (χ1) is 10.8. The lowest BCUT2D eigenvalue weighted by Gasteiger charge is -2.37. The minimum absolute atomic E-state index is 0.287. The summed E-state index contributed by atoms with van der Waals surface area (Å²) in [6, 6.07) is 4.02. The normalized spacial score (nSPS) is 18.9. The van der Waals surface area contributed by atoms with E-state index < -0.39 is 0 Å². The van der Waals surface area contributed by atoms with Crippen molar-refractivity contribution >= 4 is 5.57 Å². The molecule has 0 aromatic carbocycles. The fraction of sp³-hybridized carbons (Fsp3) is 0.450. The maximum Gasteiger partial charge on any atom is 0.0352 e. The van der Waals surface area contributed by atoms with Crippen LogP contribution in [0.4, 0.5) is 0 Å². The van der Waals surface area contributed by atoms with Gasteiger partial charge in [0.25, 0.3) is 0 Å². The summed E-state index contributed by atoms with van der Waals surface area (Å²) in [5.74, 6) is 0. The average molecular weight is 294 g/mol. The molecule has 0 amide bonds. The summed E-state index contributed by atoms with van der Waals surface area (Å²) in [5.41, 5.74) is 10.5. The van der Waals surface area contributed by atoms with Crippen molar-refractivity contribution in [1.29, 1.82) is 0 Å². The van der Waals surface area contributed by atoms with Crippen LogP contribution in [0.5, 0.6) is 0 Å². The van der Waals surface area contributed by atoms with Gasteiger partial charge in [-0.1, -0.05) is 38.3 Å². The number of allylic oxidation sites excluding steroid dienone is 4. The van der Waals surface area contributed by atoms with Gasteiger partial charge in [0.2, 0.25) is 0 Å². The molecule has 1 N–H and O–H groups in total. The van der Waals surface area contributed by atoms with Gasteiger partial charge in [-0.05, 0) is 50.6 Å². The van der Waals surface area contributed by atoms with E-state index in [1.54, 1.807) is 6.20 Å². The Kier molecular flexibility index (Phi) is 5.98. The van der Waals surface area contributed by atoms with E-state index in [-0.39, 0.29) is 5.41 Å². The predicted molar refractivity (Wildman–Crippen MR) is 93.5 cm³/mol. The Morgan fingerprint density at radius 3 is 2.50 bits per heavy atom. The number of rotatable bonds is 3. The quantitative estimate of drug-likeness (QED) is 0.829. The second kappa shape index (κ2) is 7.96. The smallest absolute Gasteiger partial charge is 0.0352 e. The molecule has 22 heavy (non-hydrogen) atoms. The van der Waals surface area contributed by atoms with E-state index in [0.29, 0.717) is 0 Å². The maximum atomic E-state index is 4.16. The maximum absolute atomic E-state index is 4.16. The van der Waals surface area contributed by atoms with Crippen molar-refractivity contribution in [3.8, 4) is 0 Å². The van der Waals surface area contributed by atoms with Crippen LogP contribution in [0.1, 0.15) is 45.6 Å². The van der Waals surface area contributed by atoms with Gasteiger partial charge in [-0.15, -0.1) is 0 Å². The zero-order valence-electron chi connectivity index (χ0n) is 13.9. The van der Waals surface area contributed by atoms with Crippen LogP contribution in [0.15, 0.2) is 53.7 Å². The van der Waals surface area contributed by atoms with E-state index in [4.69, 9.17) is 0 Å². The van der Waals surface area contributed by atoms with Gasteiger partial charge in [0.15, 0.2) is 0 Å². The minimum Gasteiger partial charge on any atom is -0.317 e. The summed E-state index contributed by atoms with van der Waals surface area (Å²) in [6.07, 6.45) is 11.6. The molecule has 0 spiro atoms. The lowest BCUT2D eigenvalue weighted by Crippen LogP contribution is -2.37. The molecule has 3 rings (SSSR count). The highest BCUT2D eigenvalue weighted by molar-refractivity contribution is 5.74. The Bertz CT molecular complexity index is 606. The monoisotopic (exact) mass is 294 g/mol. The molecule has 1 aromatic heterocycles. The van der Waals surface area contributed by atoms with Crippen molar-refractivity contribution < 1.29 is 0 Å². The topological polar surface area (TPSA) is 24.9 Å². The summed E-state index contributed by atoms with van der Waals surface area (Å²) in [7, 11) is 0. The number of pyridine rings is 1. The first kappa shape index (κ1) is 16.5. The second-order valence-corrected chi connectivity index (χ2v) is 5.54. The van der Waals surface area contributed by atoms with Crippen molar-refractivity contribution in [3.05, 3.63) is 59.3 Å².